The van der Waals surface area contributed by atoms with E-state index >= 15 is 0 Å². The molecule has 2 rings (SSSR count). The predicted octanol–water partition coefficient (Wildman–Crippen LogP) is 3.03. The molecule has 24 heavy (non-hydrogen) atoms. The van der Waals surface area contributed by atoms with Gasteiger partial charge in [-0.2, -0.15) is 0 Å². The zero-order valence-corrected chi connectivity index (χ0v) is 14.7. The summed E-state index contributed by atoms with van der Waals surface area (Å²) in [6.45, 7) is 7.18. The lowest BCUT2D eigenvalue weighted by Crippen LogP contribution is -2.41. The van der Waals surface area contributed by atoms with Crippen LogP contribution in [-0.4, -0.2) is 23.6 Å². The summed E-state index contributed by atoms with van der Waals surface area (Å²) >= 11 is 0. The highest BCUT2D eigenvalue weighted by Gasteiger charge is 2.23. The van der Waals surface area contributed by atoms with Gasteiger partial charge >= 0.3 is 6.09 Å². The number of anilines is 1. The van der Waals surface area contributed by atoms with Crippen LogP contribution in [0.1, 0.15) is 45.2 Å². The number of carbonyl (C=O) groups excluding carboxylic acids is 2. The molecule has 1 aromatic carbocycles. The molecule has 2 amide bonds. The predicted molar refractivity (Wildman–Crippen MR) is 93.7 cm³/mol. The van der Waals surface area contributed by atoms with Crippen molar-refractivity contribution in [1.82, 2.24) is 5.32 Å². The van der Waals surface area contributed by atoms with Crippen LogP contribution in [0.25, 0.3) is 0 Å². The Morgan fingerprint density at radius 1 is 1.25 bits per heavy atom. The fraction of sp³-hybridized carbons (Fsp3) is 0.474. The monoisotopic (exact) mass is 328 g/mol. The zero-order chi connectivity index (χ0) is 17.7. The molecule has 5 heteroatoms. The van der Waals surface area contributed by atoms with E-state index in [9.17, 15) is 9.59 Å². The molecule has 0 heterocycles. The molecule has 0 aliphatic heterocycles. The summed E-state index contributed by atoms with van der Waals surface area (Å²) < 4.78 is 5.30. The number of hydrogen-bond acceptors (Lipinski definition) is 3. The van der Waals surface area contributed by atoms with Gasteiger partial charge in [0.2, 0.25) is 0 Å². The van der Waals surface area contributed by atoms with Gasteiger partial charge in [-0.25, -0.2) is 4.79 Å². The molecule has 0 radical (unpaired) electrons. The summed E-state index contributed by atoms with van der Waals surface area (Å²) in [4.78, 5) is 23.4. The van der Waals surface area contributed by atoms with Crippen molar-refractivity contribution in [2.75, 3.05) is 5.32 Å². The number of amides is 2. The first kappa shape index (κ1) is 17.9. The maximum absolute atomic E-state index is 11.9. The molecule has 1 unspecified atom stereocenters. The van der Waals surface area contributed by atoms with Crippen molar-refractivity contribution in [2.24, 2.45) is 0 Å². The Labute approximate surface area is 143 Å². The first-order valence-electron chi connectivity index (χ1n) is 8.12. The Hall–Kier alpha value is -2.48. The average molecular weight is 328 g/mol. The van der Waals surface area contributed by atoms with Crippen molar-refractivity contribution < 1.29 is 14.3 Å². The van der Waals surface area contributed by atoms with E-state index in [1.165, 1.54) is 11.1 Å². The Morgan fingerprint density at radius 2 is 2.00 bits per heavy atom. The van der Waals surface area contributed by atoms with E-state index in [0.29, 0.717) is 0 Å². The van der Waals surface area contributed by atoms with E-state index in [1.807, 2.05) is 39.0 Å². The van der Waals surface area contributed by atoms with Crippen molar-refractivity contribution >= 4 is 17.7 Å². The Morgan fingerprint density at radius 3 is 2.67 bits per heavy atom. The van der Waals surface area contributed by atoms with Gasteiger partial charge in [-0.3, -0.25) is 4.79 Å². The van der Waals surface area contributed by atoms with Crippen LogP contribution in [0.4, 0.5) is 10.5 Å². The van der Waals surface area contributed by atoms with E-state index in [2.05, 4.69) is 22.5 Å². The highest BCUT2D eigenvalue weighted by molar-refractivity contribution is 6.03. The Bertz CT molecular complexity index is 693. The van der Waals surface area contributed by atoms with Gasteiger partial charge in [-0.1, -0.05) is 12.0 Å². The first-order chi connectivity index (χ1) is 11.3. The second kappa shape index (κ2) is 7.39. The van der Waals surface area contributed by atoms with Crippen LogP contribution in [0.15, 0.2) is 18.2 Å². The molecule has 1 aliphatic carbocycles. The van der Waals surface area contributed by atoms with Crippen molar-refractivity contribution in [3.63, 3.8) is 0 Å². The molecule has 0 saturated carbocycles. The average Bonchev–Trinajstić information content (AvgIpc) is 2.45. The smallest absolute Gasteiger partial charge is 0.407 e. The van der Waals surface area contributed by atoms with Crippen LogP contribution < -0.4 is 10.6 Å². The number of fused-ring (bicyclic) bond motifs is 1. The molecule has 2 N–H and O–H groups in total. The largest absolute Gasteiger partial charge is 0.444 e. The summed E-state index contributed by atoms with van der Waals surface area (Å²) in [6, 6.07) is 5.91. The van der Waals surface area contributed by atoms with Gasteiger partial charge in [0.1, 0.15) is 5.60 Å². The van der Waals surface area contributed by atoms with Crippen molar-refractivity contribution in [3.05, 3.63) is 29.3 Å². The van der Waals surface area contributed by atoms with Gasteiger partial charge in [-0.15, -0.1) is 0 Å². The molecule has 0 bridgehead atoms. The number of carbonyl (C=O) groups is 2. The minimum atomic E-state index is -0.495. The molecule has 128 valence electrons. The highest BCUT2D eigenvalue weighted by Crippen LogP contribution is 2.25. The van der Waals surface area contributed by atoms with E-state index in [-0.39, 0.29) is 18.0 Å². The van der Waals surface area contributed by atoms with Crippen molar-refractivity contribution in [3.8, 4) is 11.8 Å². The third-order valence-corrected chi connectivity index (χ3v) is 3.65. The fourth-order valence-electron chi connectivity index (χ4n) is 2.71. The zero-order valence-electron chi connectivity index (χ0n) is 14.7. The number of hydrogen-bond donors (Lipinski definition) is 2. The van der Waals surface area contributed by atoms with Gasteiger partial charge in [0.25, 0.3) is 5.91 Å². The lowest BCUT2D eigenvalue weighted by atomic mass is 9.88. The summed E-state index contributed by atoms with van der Waals surface area (Å²) in [5.41, 5.74) is 2.63. The molecular formula is C19H24N2O3. The van der Waals surface area contributed by atoms with E-state index < -0.39 is 5.60 Å². The standard InChI is InChI=1S/C19H24N2O3/c1-5-6-17(22)20-15-9-7-14-12-16(10-8-13(14)11-15)21-18(23)24-19(2,3)4/h7,9,11,16H,8,10,12H2,1-4H3,(H,20,22)(H,21,23). The van der Waals surface area contributed by atoms with Crippen LogP contribution in [0.2, 0.25) is 0 Å². The fourth-order valence-corrected chi connectivity index (χ4v) is 2.71. The molecule has 0 fully saturated rings. The lowest BCUT2D eigenvalue weighted by Gasteiger charge is -2.27. The topological polar surface area (TPSA) is 67.4 Å². The van der Waals surface area contributed by atoms with Crippen LogP contribution >= 0.6 is 0 Å². The van der Waals surface area contributed by atoms with Crippen molar-refractivity contribution in [2.45, 2.75) is 58.6 Å². The van der Waals surface area contributed by atoms with Crippen LogP contribution in [0, 0.1) is 11.8 Å². The van der Waals surface area contributed by atoms with Crippen molar-refractivity contribution in [1.29, 1.82) is 0 Å². The summed E-state index contributed by atoms with van der Waals surface area (Å²) in [6.07, 6.45) is 2.08. The minimum absolute atomic E-state index is 0.0683. The molecule has 0 aromatic heterocycles. The molecule has 1 aromatic rings. The molecule has 1 atom stereocenters. The molecule has 0 saturated heterocycles. The maximum atomic E-state index is 11.9. The van der Waals surface area contributed by atoms with E-state index in [0.717, 1.165) is 24.9 Å². The molecule has 0 spiro atoms. The van der Waals surface area contributed by atoms with Crippen LogP contribution in [0.3, 0.4) is 0 Å². The third-order valence-electron chi connectivity index (χ3n) is 3.65. The number of alkyl carbamates (subject to hydrolysis) is 1. The van der Waals surface area contributed by atoms with E-state index in [1.54, 1.807) is 6.92 Å². The summed E-state index contributed by atoms with van der Waals surface area (Å²) in [5, 5.41) is 5.69. The number of rotatable bonds is 2. The van der Waals surface area contributed by atoms with E-state index in [4.69, 9.17) is 4.74 Å². The lowest BCUT2D eigenvalue weighted by molar-refractivity contribution is -0.111. The maximum Gasteiger partial charge on any atom is 0.407 e. The van der Waals surface area contributed by atoms with Crippen LogP contribution in [-0.2, 0) is 22.4 Å². The number of nitrogens with one attached hydrogen (secondary N) is 2. The van der Waals surface area contributed by atoms with Crippen LogP contribution in [0.5, 0.6) is 0 Å². The minimum Gasteiger partial charge on any atom is -0.444 e. The third kappa shape index (κ3) is 5.31. The first-order valence-corrected chi connectivity index (χ1v) is 8.12. The summed E-state index contributed by atoms with van der Waals surface area (Å²) in [5.74, 6) is 4.73. The van der Waals surface area contributed by atoms with Gasteiger partial charge in [0.05, 0.1) is 0 Å². The Kier molecular flexibility index (Phi) is 5.50. The molecular weight excluding hydrogens is 304 g/mol. The summed E-state index contributed by atoms with van der Waals surface area (Å²) in [7, 11) is 0. The molecule has 5 nitrogen and oxygen atoms in total. The number of ether oxygens (including phenoxy) is 1. The van der Waals surface area contributed by atoms with Gasteiger partial charge in [0, 0.05) is 11.7 Å². The van der Waals surface area contributed by atoms with Gasteiger partial charge in [-0.05, 0) is 76.1 Å². The second-order valence-electron chi connectivity index (χ2n) is 6.90. The van der Waals surface area contributed by atoms with Gasteiger partial charge < -0.3 is 15.4 Å². The molecule has 1 aliphatic rings. The highest BCUT2D eigenvalue weighted by atomic mass is 16.6. The quantitative estimate of drug-likeness (QED) is 0.820. The number of benzene rings is 1. The number of aryl methyl sites for hydroxylation is 1. The van der Waals surface area contributed by atoms with Gasteiger partial charge in [0.15, 0.2) is 0 Å². The Balaban J connectivity index is 1.97. The SMILES string of the molecule is CC#CC(=O)Nc1ccc2c(c1)CCC(NC(=O)OC(C)(C)C)C2. The second-order valence-corrected chi connectivity index (χ2v) is 6.90. The normalized spacial score (nSPS) is 16.2.